The molecular formula is C24H25FN4O7. The molecule has 12 heteroatoms. The predicted octanol–water partition coefficient (Wildman–Crippen LogP) is 1.39. The molecule has 2 aromatic heterocycles. The summed E-state index contributed by atoms with van der Waals surface area (Å²) >= 11 is 0. The van der Waals surface area contributed by atoms with Crippen LogP contribution in [0, 0.1) is 5.82 Å². The molecule has 0 spiro atoms. The minimum absolute atomic E-state index is 0.0164. The van der Waals surface area contributed by atoms with Gasteiger partial charge in [0.05, 0.1) is 37.2 Å². The number of aromatic nitrogens is 2. The second-order valence-corrected chi connectivity index (χ2v) is 8.36. The van der Waals surface area contributed by atoms with E-state index in [1.165, 1.54) is 12.0 Å². The molecule has 4 heterocycles. The lowest BCUT2D eigenvalue weighted by molar-refractivity contribution is -0.0460. The Morgan fingerprint density at radius 3 is 2.83 bits per heavy atom. The van der Waals surface area contributed by atoms with Crippen molar-refractivity contribution in [1.82, 2.24) is 15.3 Å². The first-order chi connectivity index (χ1) is 17.4. The number of cyclic esters (lactones) is 1. The Labute approximate surface area is 205 Å². The van der Waals surface area contributed by atoms with Gasteiger partial charge in [0.15, 0.2) is 17.6 Å². The van der Waals surface area contributed by atoms with E-state index in [1.807, 2.05) is 0 Å². The summed E-state index contributed by atoms with van der Waals surface area (Å²) in [7, 11) is 1.46. The number of anilines is 1. The smallest absolute Gasteiger partial charge is 0.414 e. The number of hydrogen-bond acceptors (Lipinski definition) is 10. The number of nitrogens with zero attached hydrogens (tertiary/aromatic N) is 3. The molecule has 190 valence electrons. The van der Waals surface area contributed by atoms with Crippen molar-refractivity contribution >= 4 is 22.8 Å². The van der Waals surface area contributed by atoms with Gasteiger partial charge in [-0.15, -0.1) is 0 Å². The van der Waals surface area contributed by atoms with Gasteiger partial charge in [0.25, 0.3) is 0 Å². The first-order valence-electron chi connectivity index (χ1n) is 11.4. The molecule has 3 atom stereocenters. The molecule has 11 nitrogen and oxygen atoms in total. The molecule has 0 aliphatic carbocycles. The van der Waals surface area contributed by atoms with Crippen LogP contribution in [0.1, 0.15) is 5.56 Å². The van der Waals surface area contributed by atoms with Crippen LogP contribution in [0.5, 0.6) is 17.4 Å². The quantitative estimate of drug-likeness (QED) is 0.416. The minimum atomic E-state index is -1.37. The van der Waals surface area contributed by atoms with Crippen LogP contribution in [0.15, 0.2) is 36.5 Å². The molecule has 1 saturated heterocycles. The third-order valence-corrected chi connectivity index (χ3v) is 6.05. The number of carbonyl (C=O) groups excluding carboxylic acids is 1. The van der Waals surface area contributed by atoms with E-state index in [2.05, 4.69) is 15.3 Å². The summed E-state index contributed by atoms with van der Waals surface area (Å²) in [6.45, 7) is 0.816. The number of aliphatic hydroxyl groups excluding tert-OH is 2. The van der Waals surface area contributed by atoms with Crippen LogP contribution in [0.2, 0.25) is 0 Å². The number of pyridine rings is 2. The molecule has 36 heavy (non-hydrogen) atoms. The molecule has 3 N–H and O–H groups in total. The van der Waals surface area contributed by atoms with Crippen LogP contribution in [-0.2, 0) is 11.3 Å². The van der Waals surface area contributed by atoms with Gasteiger partial charge < -0.3 is 34.5 Å². The van der Waals surface area contributed by atoms with Crippen molar-refractivity contribution in [3.05, 3.63) is 47.9 Å². The SMILES string of the molecule is COc1ccc2ncc(F)c(CNC[C@@H](O)[C@H](O)C3CN(c4ccc5c(c4)OCCO5)C(=O)O3)c2n1. The minimum Gasteiger partial charge on any atom is -0.486 e. The second kappa shape index (κ2) is 10.1. The first-order valence-corrected chi connectivity index (χ1v) is 11.4. The Bertz CT molecular complexity index is 1280. The van der Waals surface area contributed by atoms with E-state index in [1.54, 1.807) is 30.3 Å². The van der Waals surface area contributed by atoms with E-state index in [0.717, 1.165) is 6.20 Å². The van der Waals surface area contributed by atoms with Gasteiger partial charge in [-0.2, -0.15) is 0 Å². The number of ether oxygens (including phenoxy) is 4. The average molecular weight is 500 g/mol. The van der Waals surface area contributed by atoms with E-state index in [9.17, 15) is 19.4 Å². The molecule has 1 unspecified atom stereocenters. The van der Waals surface area contributed by atoms with Crippen LogP contribution >= 0.6 is 0 Å². The van der Waals surface area contributed by atoms with Crippen LogP contribution in [-0.4, -0.2) is 78.0 Å². The fraction of sp³-hybridized carbons (Fsp3) is 0.375. The second-order valence-electron chi connectivity index (χ2n) is 8.36. The highest BCUT2D eigenvalue weighted by Gasteiger charge is 2.39. The predicted molar refractivity (Wildman–Crippen MR) is 125 cm³/mol. The Kier molecular flexibility index (Phi) is 6.72. The van der Waals surface area contributed by atoms with Gasteiger partial charge in [0, 0.05) is 30.8 Å². The lowest BCUT2D eigenvalue weighted by atomic mass is 10.1. The van der Waals surface area contributed by atoms with Gasteiger partial charge in [-0.25, -0.2) is 14.2 Å². The molecule has 0 bridgehead atoms. The molecule has 2 aliphatic heterocycles. The van der Waals surface area contributed by atoms with E-state index in [4.69, 9.17) is 18.9 Å². The van der Waals surface area contributed by atoms with Crippen LogP contribution in [0.3, 0.4) is 0 Å². The largest absolute Gasteiger partial charge is 0.486 e. The van der Waals surface area contributed by atoms with Gasteiger partial charge in [0.2, 0.25) is 5.88 Å². The van der Waals surface area contributed by atoms with Crippen molar-refractivity contribution in [3.8, 4) is 17.4 Å². The van der Waals surface area contributed by atoms with Crippen LogP contribution in [0.25, 0.3) is 11.0 Å². The summed E-state index contributed by atoms with van der Waals surface area (Å²) in [6.07, 6.45) is -3.18. The Hall–Kier alpha value is -3.74. The molecule has 0 saturated carbocycles. The maximum Gasteiger partial charge on any atom is 0.414 e. The monoisotopic (exact) mass is 500 g/mol. The summed E-state index contributed by atoms with van der Waals surface area (Å²) in [6, 6.07) is 8.36. The molecule has 1 aromatic carbocycles. The van der Waals surface area contributed by atoms with Crippen LogP contribution in [0.4, 0.5) is 14.9 Å². The number of hydrogen-bond donors (Lipinski definition) is 3. The number of methoxy groups -OCH3 is 1. The number of amides is 1. The van der Waals surface area contributed by atoms with Crippen molar-refractivity contribution in [2.45, 2.75) is 24.9 Å². The van der Waals surface area contributed by atoms with E-state index < -0.39 is 30.2 Å². The Morgan fingerprint density at radius 1 is 1.22 bits per heavy atom. The molecule has 1 fully saturated rings. The lowest BCUT2D eigenvalue weighted by Gasteiger charge is -2.23. The summed E-state index contributed by atoms with van der Waals surface area (Å²) in [5.74, 6) is 0.855. The number of rotatable bonds is 8. The number of fused-ring (bicyclic) bond motifs is 2. The van der Waals surface area contributed by atoms with Gasteiger partial charge in [-0.05, 0) is 18.2 Å². The third-order valence-electron chi connectivity index (χ3n) is 6.05. The molecule has 0 radical (unpaired) electrons. The van der Waals surface area contributed by atoms with E-state index >= 15 is 0 Å². The van der Waals surface area contributed by atoms with Gasteiger partial charge in [-0.1, -0.05) is 0 Å². The number of halogens is 1. The topological polar surface area (TPSA) is 136 Å². The zero-order valence-electron chi connectivity index (χ0n) is 19.4. The average Bonchev–Trinajstić information content (AvgIpc) is 3.30. The Balaban J connectivity index is 1.21. The normalized spacial score (nSPS) is 18.7. The maximum atomic E-state index is 14.5. The number of carbonyl (C=O) groups is 1. The summed E-state index contributed by atoms with van der Waals surface area (Å²) in [5, 5.41) is 24.1. The fourth-order valence-electron chi connectivity index (χ4n) is 4.15. The summed E-state index contributed by atoms with van der Waals surface area (Å²) in [4.78, 5) is 22.1. The van der Waals surface area contributed by atoms with E-state index in [0.29, 0.717) is 47.3 Å². The lowest BCUT2D eigenvalue weighted by Crippen LogP contribution is -2.44. The zero-order chi connectivity index (χ0) is 25.2. The highest BCUT2D eigenvalue weighted by atomic mass is 19.1. The standard InChI is InChI=1S/C24H25FN4O7/c1-33-21-5-3-16-22(28-21)14(15(25)10-27-16)9-26-11-17(30)23(31)20-12-29(24(32)36-20)13-2-4-18-19(8-13)35-7-6-34-18/h2-5,8,10,17,20,23,26,30-31H,6-7,9,11-12H2,1H3/t17-,20?,23+/m1/s1. The third kappa shape index (κ3) is 4.70. The molecule has 2 aliphatic rings. The highest BCUT2D eigenvalue weighted by Crippen LogP contribution is 2.35. The Morgan fingerprint density at radius 2 is 2.03 bits per heavy atom. The van der Waals surface area contributed by atoms with E-state index in [-0.39, 0.29) is 25.2 Å². The summed E-state index contributed by atoms with van der Waals surface area (Å²) in [5.41, 5.74) is 1.59. The van der Waals surface area contributed by atoms with Crippen molar-refractivity contribution in [3.63, 3.8) is 0 Å². The molecule has 3 aromatic rings. The number of aliphatic hydroxyl groups is 2. The number of nitrogens with one attached hydrogen (secondary N) is 1. The summed E-state index contributed by atoms with van der Waals surface area (Å²) < 4.78 is 35.9. The molecule has 5 rings (SSSR count). The van der Waals surface area contributed by atoms with Crippen LogP contribution < -0.4 is 24.4 Å². The highest BCUT2D eigenvalue weighted by molar-refractivity contribution is 5.90. The number of benzene rings is 1. The van der Waals surface area contributed by atoms with Gasteiger partial charge in [-0.3, -0.25) is 9.88 Å². The van der Waals surface area contributed by atoms with Crippen molar-refractivity contribution < 1.29 is 38.3 Å². The van der Waals surface area contributed by atoms with Crippen molar-refractivity contribution in [2.24, 2.45) is 0 Å². The van der Waals surface area contributed by atoms with Crippen molar-refractivity contribution in [1.29, 1.82) is 0 Å². The molecule has 1 amide bonds. The maximum absolute atomic E-state index is 14.5. The zero-order valence-corrected chi connectivity index (χ0v) is 19.4. The first kappa shape index (κ1) is 24.0. The van der Waals surface area contributed by atoms with Gasteiger partial charge in [0.1, 0.15) is 30.7 Å². The van der Waals surface area contributed by atoms with Crippen molar-refractivity contribution in [2.75, 3.05) is 38.3 Å². The molecular weight excluding hydrogens is 475 g/mol. The fourth-order valence-corrected chi connectivity index (χ4v) is 4.15. The van der Waals surface area contributed by atoms with Gasteiger partial charge >= 0.3 is 6.09 Å².